The maximum Gasteiger partial charge on any atom is 0.303 e. The Kier molecular flexibility index (Phi) is 4.23. The lowest BCUT2D eigenvalue weighted by Crippen LogP contribution is -1.94. The molecule has 0 unspecified atom stereocenters. The molecule has 0 atom stereocenters. The monoisotopic (exact) mass is 195 g/mol. The van der Waals surface area contributed by atoms with E-state index >= 15 is 0 Å². The summed E-state index contributed by atoms with van der Waals surface area (Å²) >= 11 is 0. The van der Waals surface area contributed by atoms with Crippen LogP contribution < -0.4 is 0 Å². The van der Waals surface area contributed by atoms with E-state index in [9.17, 15) is 4.79 Å². The van der Waals surface area contributed by atoms with Gasteiger partial charge in [-0.1, -0.05) is 6.42 Å². The zero-order valence-electron chi connectivity index (χ0n) is 8.57. The molecular formula is C11H17NO2. The second-order valence-electron chi connectivity index (χ2n) is 3.64. The Morgan fingerprint density at radius 1 is 1.43 bits per heavy atom. The zero-order valence-corrected chi connectivity index (χ0v) is 8.57. The average molecular weight is 195 g/mol. The van der Waals surface area contributed by atoms with Gasteiger partial charge in [0.15, 0.2) is 0 Å². The van der Waals surface area contributed by atoms with E-state index in [-0.39, 0.29) is 0 Å². The van der Waals surface area contributed by atoms with Crippen LogP contribution in [0.15, 0.2) is 18.5 Å². The molecule has 0 aromatic carbocycles. The van der Waals surface area contributed by atoms with E-state index in [2.05, 4.69) is 12.3 Å². The fourth-order valence-electron chi connectivity index (χ4n) is 1.49. The number of unbranched alkanes of at least 4 members (excludes halogenated alkanes) is 2. The molecular weight excluding hydrogens is 178 g/mol. The van der Waals surface area contributed by atoms with Crippen molar-refractivity contribution in [1.82, 2.24) is 4.57 Å². The van der Waals surface area contributed by atoms with Crippen LogP contribution in [0.1, 0.15) is 31.2 Å². The van der Waals surface area contributed by atoms with Gasteiger partial charge in [-0.2, -0.15) is 0 Å². The van der Waals surface area contributed by atoms with Crippen LogP contribution in [0.25, 0.3) is 0 Å². The summed E-state index contributed by atoms with van der Waals surface area (Å²) in [6.07, 6.45) is 8.37. The third-order valence-electron chi connectivity index (χ3n) is 2.25. The second kappa shape index (κ2) is 5.47. The van der Waals surface area contributed by atoms with Gasteiger partial charge in [0.1, 0.15) is 0 Å². The van der Waals surface area contributed by atoms with Gasteiger partial charge in [-0.05, 0) is 30.9 Å². The van der Waals surface area contributed by atoms with Crippen molar-refractivity contribution in [2.45, 2.75) is 32.1 Å². The van der Waals surface area contributed by atoms with Crippen molar-refractivity contribution in [2.24, 2.45) is 7.05 Å². The molecule has 78 valence electrons. The number of hydrogen-bond acceptors (Lipinski definition) is 1. The highest BCUT2D eigenvalue weighted by atomic mass is 16.4. The molecule has 1 aromatic rings. The lowest BCUT2D eigenvalue weighted by molar-refractivity contribution is -0.137. The van der Waals surface area contributed by atoms with Crippen molar-refractivity contribution >= 4 is 5.97 Å². The smallest absolute Gasteiger partial charge is 0.303 e. The van der Waals surface area contributed by atoms with Crippen molar-refractivity contribution in [3.8, 4) is 0 Å². The third-order valence-corrected chi connectivity index (χ3v) is 2.25. The van der Waals surface area contributed by atoms with E-state index in [0.717, 1.165) is 25.7 Å². The first-order chi connectivity index (χ1) is 6.68. The summed E-state index contributed by atoms with van der Waals surface area (Å²) in [5.41, 5.74) is 1.34. The Hall–Kier alpha value is -1.25. The molecule has 0 spiro atoms. The van der Waals surface area contributed by atoms with Crippen LogP contribution in [-0.4, -0.2) is 15.6 Å². The number of aryl methyl sites for hydroxylation is 2. The molecule has 0 aliphatic heterocycles. The summed E-state index contributed by atoms with van der Waals surface area (Å²) in [6.45, 7) is 0. The lowest BCUT2D eigenvalue weighted by Gasteiger charge is -1.97. The molecule has 0 bridgehead atoms. The van der Waals surface area contributed by atoms with Gasteiger partial charge >= 0.3 is 5.97 Å². The van der Waals surface area contributed by atoms with Crippen LogP contribution in [0.5, 0.6) is 0 Å². The van der Waals surface area contributed by atoms with Gasteiger partial charge in [-0.25, -0.2) is 0 Å². The van der Waals surface area contributed by atoms with Crippen LogP contribution in [0.2, 0.25) is 0 Å². The largest absolute Gasteiger partial charge is 0.481 e. The minimum absolute atomic E-state index is 0.300. The highest BCUT2D eigenvalue weighted by molar-refractivity contribution is 5.66. The van der Waals surface area contributed by atoms with Gasteiger partial charge in [0.05, 0.1) is 0 Å². The van der Waals surface area contributed by atoms with Crippen molar-refractivity contribution in [3.05, 3.63) is 24.0 Å². The fourth-order valence-corrected chi connectivity index (χ4v) is 1.49. The highest BCUT2D eigenvalue weighted by Gasteiger charge is 1.98. The van der Waals surface area contributed by atoms with Crippen molar-refractivity contribution < 1.29 is 9.90 Å². The van der Waals surface area contributed by atoms with E-state index in [4.69, 9.17) is 5.11 Å². The molecule has 3 heteroatoms. The quantitative estimate of drug-likeness (QED) is 0.707. The summed E-state index contributed by atoms with van der Waals surface area (Å²) < 4.78 is 2.03. The zero-order chi connectivity index (χ0) is 10.4. The Morgan fingerprint density at radius 2 is 2.21 bits per heavy atom. The molecule has 0 aliphatic carbocycles. The molecule has 0 aliphatic rings. The summed E-state index contributed by atoms with van der Waals surface area (Å²) in [6, 6.07) is 2.11. The molecule has 0 fully saturated rings. The summed E-state index contributed by atoms with van der Waals surface area (Å²) in [5, 5.41) is 8.43. The molecule has 14 heavy (non-hydrogen) atoms. The van der Waals surface area contributed by atoms with Crippen LogP contribution >= 0.6 is 0 Å². The molecule has 1 heterocycles. The number of aliphatic carboxylic acids is 1. The van der Waals surface area contributed by atoms with Gasteiger partial charge < -0.3 is 9.67 Å². The first-order valence-electron chi connectivity index (χ1n) is 5.01. The van der Waals surface area contributed by atoms with Gasteiger partial charge in [0, 0.05) is 25.9 Å². The minimum atomic E-state index is -0.690. The van der Waals surface area contributed by atoms with Crippen LogP contribution in [0.3, 0.4) is 0 Å². The van der Waals surface area contributed by atoms with Crippen LogP contribution in [-0.2, 0) is 18.3 Å². The molecule has 3 nitrogen and oxygen atoms in total. The lowest BCUT2D eigenvalue weighted by atomic mass is 10.1. The Labute approximate surface area is 84.4 Å². The third kappa shape index (κ3) is 4.12. The number of carboxylic acids is 1. The molecule has 1 rings (SSSR count). The standard InChI is InChI=1S/C11H17NO2/c1-12-8-7-10(9-12)5-3-2-4-6-11(13)14/h7-9H,2-6H2,1H3,(H,13,14). The van der Waals surface area contributed by atoms with Gasteiger partial charge in [0.25, 0.3) is 0 Å². The van der Waals surface area contributed by atoms with E-state index in [1.165, 1.54) is 5.56 Å². The van der Waals surface area contributed by atoms with Crippen molar-refractivity contribution in [1.29, 1.82) is 0 Å². The number of carbonyl (C=O) groups is 1. The van der Waals surface area contributed by atoms with Crippen molar-refractivity contribution in [2.75, 3.05) is 0 Å². The highest BCUT2D eigenvalue weighted by Crippen LogP contribution is 2.07. The molecule has 0 saturated carbocycles. The molecule has 0 radical (unpaired) electrons. The predicted molar refractivity (Wildman–Crippen MR) is 55.2 cm³/mol. The van der Waals surface area contributed by atoms with Crippen LogP contribution in [0.4, 0.5) is 0 Å². The van der Waals surface area contributed by atoms with E-state index in [1.54, 1.807) is 0 Å². The van der Waals surface area contributed by atoms with E-state index in [1.807, 2.05) is 17.8 Å². The second-order valence-corrected chi connectivity index (χ2v) is 3.64. The Bertz CT molecular complexity index is 291. The predicted octanol–water partition coefficient (Wildman–Crippen LogP) is 2.21. The summed E-state index contributed by atoms with van der Waals surface area (Å²) in [5.74, 6) is -0.690. The molecule has 0 saturated heterocycles. The maximum absolute atomic E-state index is 10.2. The topological polar surface area (TPSA) is 42.2 Å². The number of carboxylic acid groups (broad SMARTS) is 1. The maximum atomic E-state index is 10.2. The Morgan fingerprint density at radius 3 is 2.79 bits per heavy atom. The van der Waals surface area contributed by atoms with Gasteiger partial charge in [-0.3, -0.25) is 4.79 Å². The summed E-state index contributed by atoms with van der Waals surface area (Å²) in [4.78, 5) is 10.2. The summed E-state index contributed by atoms with van der Waals surface area (Å²) in [7, 11) is 2.01. The van der Waals surface area contributed by atoms with Crippen LogP contribution in [0, 0.1) is 0 Å². The number of nitrogens with zero attached hydrogens (tertiary/aromatic N) is 1. The normalized spacial score (nSPS) is 10.4. The fraction of sp³-hybridized carbons (Fsp3) is 0.545. The first-order valence-corrected chi connectivity index (χ1v) is 5.01. The number of aromatic nitrogens is 1. The van der Waals surface area contributed by atoms with Gasteiger partial charge in [-0.15, -0.1) is 0 Å². The Balaban J connectivity index is 2.07. The molecule has 1 aromatic heterocycles. The van der Waals surface area contributed by atoms with E-state index < -0.39 is 5.97 Å². The van der Waals surface area contributed by atoms with E-state index in [0.29, 0.717) is 6.42 Å². The van der Waals surface area contributed by atoms with Gasteiger partial charge in [0.2, 0.25) is 0 Å². The van der Waals surface area contributed by atoms with Crippen molar-refractivity contribution in [3.63, 3.8) is 0 Å². The number of hydrogen-bond donors (Lipinski definition) is 1. The molecule has 0 amide bonds. The molecule has 1 N–H and O–H groups in total. The average Bonchev–Trinajstić information content (AvgIpc) is 2.50. The number of rotatable bonds is 6. The minimum Gasteiger partial charge on any atom is -0.481 e. The SMILES string of the molecule is Cn1ccc(CCCCCC(=O)O)c1. The first kappa shape index (κ1) is 10.8.